The zero-order valence-electron chi connectivity index (χ0n) is 14.9. The van der Waals surface area contributed by atoms with E-state index in [9.17, 15) is 4.79 Å². The van der Waals surface area contributed by atoms with E-state index in [0.29, 0.717) is 13.0 Å². The van der Waals surface area contributed by atoms with Crippen LogP contribution in [-0.2, 0) is 30.6 Å². The van der Waals surface area contributed by atoms with Gasteiger partial charge in [0.25, 0.3) is 0 Å². The van der Waals surface area contributed by atoms with Gasteiger partial charge in [0.2, 0.25) is 5.91 Å². The molecule has 2 aromatic carbocycles. The van der Waals surface area contributed by atoms with Crippen molar-refractivity contribution in [2.45, 2.75) is 32.7 Å². The van der Waals surface area contributed by atoms with E-state index < -0.39 is 0 Å². The van der Waals surface area contributed by atoms with Gasteiger partial charge in [-0.25, -0.2) is 4.98 Å². The molecule has 0 fully saturated rings. The SMILES string of the molecule is CCc1ccc(-c2nc(CC(=O)N3CCc4ccccc4C3)cs2)cc1. The van der Waals surface area contributed by atoms with Crippen molar-refractivity contribution in [3.05, 3.63) is 76.3 Å². The first-order chi connectivity index (χ1) is 12.7. The van der Waals surface area contributed by atoms with E-state index in [4.69, 9.17) is 0 Å². The van der Waals surface area contributed by atoms with E-state index in [1.807, 2.05) is 16.3 Å². The number of benzene rings is 2. The number of aromatic nitrogens is 1. The Morgan fingerprint density at radius 3 is 2.65 bits per heavy atom. The van der Waals surface area contributed by atoms with Crippen LogP contribution in [0.1, 0.15) is 29.3 Å². The van der Waals surface area contributed by atoms with Crippen molar-refractivity contribution in [3.8, 4) is 10.6 Å². The molecule has 132 valence electrons. The van der Waals surface area contributed by atoms with Crippen LogP contribution in [0.15, 0.2) is 53.9 Å². The monoisotopic (exact) mass is 362 g/mol. The number of carbonyl (C=O) groups excluding carboxylic acids is 1. The summed E-state index contributed by atoms with van der Waals surface area (Å²) in [4.78, 5) is 19.3. The van der Waals surface area contributed by atoms with Gasteiger partial charge in [0, 0.05) is 24.0 Å². The molecule has 3 nitrogen and oxygen atoms in total. The lowest BCUT2D eigenvalue weighted by Crippen LogP contribution is -2.36. The van der Waals surface area contributed by atoms with E-state index in [2.05, 4.69) is 54.4 Å². The number of amides is 1. The molecule has 0 saturated heterocycles. The molecule has 0 N–H and O–H groups in total. The molecule has 0 spiro atoms. The largest absolute Gasteiger partial charge is 0.338 e. The van der Waals surface area contributed by atoms with Crippen LogP contribution < -0.4 is 0 Å². The molecule has 0 radical (unpaired) electrons. The first-order valence-corrected chi connectivity index (χ1v) is 9.99. The fraction of sp³-hybridized carbons (Fsp3) is 0.273. The van der Waals surface area contributed by atoms with Gasteiger partial charge in [-0.15, -0.1) is 11.3 Å². The third kappa shape index (κ3) is 3.56. The molecule has 1 aromatic heterocycles. The van der Waals surface area contributed by atoms with Gasteiger partial charge in [-0.1, -0.05) is 55.5 Å². The summed E-state index contributed by atoms with van der Waals surface area (Å²) in [6.45, 7) is 3.66. The van der Waals surface area contributed by atoms with E-state index in [1.54, 1.807) is 11.3 Å². The third-order valence-corrected chi connectivity index (χ3v) is 5.92. The normalized spacial score (nSPS) is 13.5. The van der Waals surface area contributed by atoms with Gasteiger partial charge >= 0.3 is 0 Å². The van der Waals surface area contributed by atoms with Gasteiger partial charge in [-0.2, -0.15) is 0 Å². The van der Waals surface area contributed by atoms with Crippen molar-refractivity contribution in [2.75, 3.05) is 6.54 Å². The fourth-order valence-corrected chi connectivity index (χ4v) is 4.20. The lowest BCUT2D eigenvalue weighted by atomic mass is 10.00. The minimum Gasteiger partial charge on any atom is -0.338 e. The van der Waals surface area contributed by atoms with E-state index >= 15 is 0 Å². The summed E-state index contributed by atoms with van der Waals surface area (Å²) in [5, 5.41) is 3.00. The van der Waals surface area contributed by atoms with E-state index in [1.165, 1.54) is 16.7 Å². The average Bonchev–Trinajstić information content (AvgIpc) is 3.16. The van der Waals surface area contributed by atoms with Crippen LogP contribution >= 0.6 is 11.3 Å². The Morgan fingerprint density at radius 2 is 1.88 bits per heavy atom. The smallest absolute Gasteiger partial charge is 0.228 e. The topological polar surface area (TPSA) is 33.2 Å². The van der Waals surface area contributed by atoms with E-state index in [0.717, 1.165) is 35.7 Å². The summed E-state index contributed by atoms with van der Waals surface area (Å²) >= 11 is 1.61. The minimum absolute atomic E-state index is 0.165. The average molecular weight is 362 g/mol. The van der Waals surface area contributed by atoms with Gasteiger partial charge < -0.3 is 4.90 Å². The molecule has 4 rings (SSSR count). The molecule has 0 aliphatic carbocycles. The van der Waals surface area contributed by atoms with Gasteiger partial charge in [0.05, 0.1) is 12.1 Å². The molecular formula is C22H22N2OS. The standard InChI is InChI=1S/C22H22N2OS/c1-2-16-7-9-18(10-8-16)22-23-20(15-26-22)13-21(25)24-12-11-17-5-3-4-6-19(17)14-24/h3-10,15H,2,11-14H2,1H3. The molecule has 4 heteroatoms. The number of thiazole rings is 1. The number of rotatable bonds is 4. The van der Waals surface area contributed by atoms with Crippen molar-refractivity contribution in [1.29, 1.82) is 0 Å². The zero-order chi connectivity index (χ0) is 17.9. The summed E-state index contributed by atoms with van der Waals surface area (Å²) in [6, 6.07) is 16.9. The minimum atomic E-state index is 0.165. The van der Waals surface area contributed by atoms with Gasteiger partial charge in [0.15, 0.2) is 0 Å². The number of fused-ring (bicyclic) bond motifs is 1. The number of hydrogen-bond donors (Lipinski definition) is 0. The van der Waals surface area contributed by atoms with Crippen LogP contribution in [0, 0.1) is 0 Å². The Kier molecular flexibility index (Phi) is 4.85. The van der Waals surface area contributed by atoms with E-state index in [-0.39, 0.29) is 5.91 Å². The number of hydrogen-bond acceptors (Lipinski definition) is 3. The Morgan fingerprint density at radius 1 is 1.12 bits per heavy atom. The van der Waals surface area contributed by atoms with Crippen molar-refractivity contribution >= 4 is 17.2 Å². The maximum absolute atomic E-state index is 12.7. The van der Waals surface area contributed by atoms with Crippen molar-refractivity contribution in [3.63, 3.8) is 0 Å². The Labute approximate surface area is 158 Å². The summed E-state index contributed by atoms with van der Waals surface area (Å²) in [5.41, 5.74) is 5.95. The lowest BCUT2D eigenvalue weighted by molar-refractivity contribution is -0.131. The second kappa shape index (κ2) is 7.42. The third-order valence-electron chi connectivity index (χ3n) is 4.98. The molecular weight excluding hydrogens is 340 g/mol. The molecule has 0 unspecified atom stereocenters. The molecule has 1 amide bonds. The summed E-state index contributed by atoms with van der Waals surface area (Å²) in [5.74, 6) is 0.165. The highest BCUT2D eigenvalue weighted by Gasteiger charge is 2.21. The molecule has 0 atom stereocenters. The predicted molar refractivity (Wildman–Crippen MR) is 106 cm³/mol. The van der Waals surface area contributed by atoms with Crippen LogP contribution in [0.4, 0.5) is 0 Å². The Bertz CT molecular complexity index is 914. The second-order valence-electron chi connectivity index (χ2n) is 6.71. The second-order valence-corrected chi connectivity index (χ2v) is 7.56. The van der Waals surface area contributed by atoms with Crippen LogP contribution in [0.25, 0.3) is 10.6 Å². The first-order valence-electron chi connectivity index (χ1n) is 9.11. The van der Waals surface area contributed by atoms with Gasteiger partial charge in [-0.05, 0) is 29.5 Å². The number of aryl methyl sites for hydroxylation is 1. The highest BCUT2D eigenvalue weighted by atomic mass is 32.1. The summed E-state index contributed by atoms with van der Waals surface area (Å²) in [6.07, 6.45) is 2.36. The molecule has 0 bridgehead atoms. The number of carbonyl (C=O) groups is 1. The first kappa shape index (κ1) is 17.0. The van der Waals surface area contributed by atoms with Crippen molar-refractivity contribution in [1.82, 2.24) is 9.88 Å². The fourth-order valence-electron chi connectivity index (χ4n) is 3.38. The van der Waals surface area contributed by atoms with Gasteiger partial charge in [0.1, 0.15) is 5.01 Å². The number of nitrogens with zero attached hydrogens (tertiary/aromatic N) is 2. The van der Waals surface area contributed by atoms with Crippen molar-refractivity contribution in [2.24, 2.45) is 0 Å². The quantitative estimate of drug-likeness (QED) is 0.685. The summed E-state index contributed by atoms with van der Waals surface area (Å²) in [7, 11) is 0. The molecule has 1 aliphatic heterocycles. The van der Waals surface area contributed by atoms with Crippen LogP contribution in [0.3, 0.4) is 0 Å². The molecule has 1 aliphatic rings. The summed E-state index contributed by atoms with van der Waals surface area (Å²) < 4.78 is 0. The lowest BCUT2D eigenvalue weighted by Gasteiger charge is -2.28. The highest BCUT2D eigenvalue weighted by Crippen LogP contribution is 2.25. The van der Waals surface area contributed by atoms with Crippen molar-refractivity contribution < 1.29 is 4.79 Å². The maximum Gasteiger partial charge on any atom is 0.228 e. The molecule has 0 saturated carbocycles. The predicted octanol–water partition coefficient (Wildman–Crippen LogP) is 4.50. The molecule has 26 heavy (non-hydrogen) atoms. The van der Waals surface area contributed by atoms with Crippen LogP contribution in [-0.4, -0.2) is 22.3 Å². The zero-order valence-corrected chi connectivity index (χ0v) is 15.8. The van der Waals surface area contributed by atoms with Crippen LogP contribution in [0.5, 0.6) is 0 Å². The molecule has 3 aromatic rings. The highest BCUT2D eigenvalue weighted by molar-refractivity contribution is 7.13. The molecule has 2 heterocycles. The Balaban J connectivity index is 1.43. The van der Waals surface area contributed by atoms with Gasteiger partial charge in [-0.3, -0.25) is 4.79 Å². The maximum atomic E-state index is 12.7. The van der Waals surface area contributed by atoms with Crippen LogP contribution in [0.2, 0.25) is 0 Å². The Hall–Kier alpha value is -2.46.